The highest BCUT2D eigenvalue weighted by molar-refractivity contribution is 7.92. The molecule has 2 aromatic carbocycles. The summed E-state index contributed by atoms with van der Waals surface area (Å²) in [5.41, 5.74) is 1.76. The molecule has 0 aliphatic carbocycles. The Morgan fingerprint density at radius 1 is 1.14 bits per heavy atom. The molecule has 1 heterocycles. The minimum Gasteiger partial charge on any atom is -0.308 e. The normalized spacial score (nSPS) is 13.4. The van der Waals surface area contributed by atoms with Crippen molar-refractivity contribution in [2.24, 2.45) is 0 Å². The Labute approximate surface area is 169 Å². The van der Waals surface area contributed by atoms with Gasteiger partial charge in [0.25, 0.3) is 0 Å². The fourth-order valence-corrected chi connectivity index (χ4v) is 3.78. The molecule has 1 aliphatic heterocycles. The predicted molar refractivity (Wildman–Crippen MR) is 113 cm³/mol. The third-order valence-corrected chi connectivity index (χ3v) is 5.66. The zero-order valence-electron chi connectivity index (χ0n) is 15.2. The molecule has 0 bridgehead atoms. The maximum atomic E-state index is 12.3. The van der Waals surface area contributed by atoms with E-state index < -0.39 is 10.0 Å². The minimum atomic E-state index is -3.52. The van der Waals surface area contributed by atoms with E-state index in [2.05, 4.69) is 5.32 Å². The van der Waals surface area contributed by atoms with Crippen molar-refractivity contribution in [1.29, 1.82) is 0 Å². The molecule has 0 atom stereocenters. The van der Waals surface area contributed by atoms with Crippen LogP contribution in [-0.4, -0.2) is 32.1 Å². The number of sulfonamides is 1. The quantitative estimate of drug-likeness (QED) is 0.791. The minimum absolute atomic E-state index is 0.120. The van der Waals surface area contributed by atoms with E-state index in [1.165, 1.54) is 9.21 Å². The number of amides is 2. The molecule has 2 amide bonds. The van der Waals surface area contributed by atoms with E-state index in [1.807, 2.05) is 18.2 Å². The van der Waals surface area contributed by atoms with Crippen molar-refractivity contribution in [2.45, 2.75) is 6.54 Å². The number of urea groups is 1. The summed E-state index contributed by atoms with van der Waals surface area (Å²) >= 11 is 6.18. The molecule has 3 rings (SSSR count). The van der Waals surface area contributed by atoms with Gasteiger partial charge in [-0.05, 0) is 42.0 Å². The van der Waals surface area contributed by atoms with E-state index >= 15 is 0 Å². The van der Waals surface area contributed by atoms with Gasteiger partial charge < -0.3 is 5.32 Å². The molecule has 0 aromatic heterocycles. The fraction of sp³-hybridized carbons (Fsp3) is 0.150. The highest BCUT2D eigenvalue weighted by Gasteiger charge is 2.19. The van der Waals surface area contributed by atoms with Crippen molar-refractivity contribution in [3.8, 4) is 0 Å². The van der Waals surface area contributed by atoms with Crippen LogP contribution >= 0.6 is 11.6 Å². The number of benzene rings is 2. The molecule has 8 heteroatoms. The van der Waals surface area contributed by atoms with Gasteiger partial charge in [0.2, 0.25) is 10.0 Å². The van der Waals surface area contributed by atoms with Crippen molar-refractivity contribution in [1.82, 2.24) is 4.90 Å². The van der Waals surface area contributed by atoms with Crippen molar-refractivity contribution < 1.29 is 13.2 Å². The lowest BCUT2D eigenvalue weighted by Crippen LogP contribution is -2.31. The molecule has 0 spiro atoms. The molecular weight excluding hydrogens is 398 g/mol. The summed E-state index contributed by atoms with van der Waals surface area (Å²) in [6, 6.07) is 13.5. The monoisotopic (exact) mass is 417 g/mol. The van der Waals surface area contributed by atoms with Gasteiger partial charge in [0.1, 0.15) is 0 Å². The number of nitrogens with one attached hydrogen (secondary N) is 1. The second-order valence-corrected chi connectivity index (χ2v) is 8.57. The summed E-state index contributed by atoms with van der Waals surface area (Å²) in [6.07, 6.45) is 8.37. The topological polar surface area (TPSA) is 69.7 Å². The molecule has 0 unspecified atom stereocenters. The van der Waals surface area contributed by atoms with Gasteiger partial charge in [-0.15, -0.1) is 0 Å². The number of rotatable bonds is 5. The summed E-state index contributed by atoms with van der Waals surface area (Å²) < 4.78 is 25.9. The van der Waals surface area contributed by atoms with Gasteiger partial charge in [0, 0.05) is 23.5 Å². The maximum absolute atomic E-state index is 12.3. The number of anilines is 2. The van der Waals surface area contributed by atoms with Gasteiger partial charge in [-0.3, -0.25) is 9.21 Å². The molecule has 0 saturated carbocycles. The molecule has 1 N–H and O–H groups in total. The van der Waals surface area contributed by atoms with Gasteiger partial charge in [-0.1, -0.05) is 42.0 Å². The SMILES string of the molecule is CS(=O)(=O)N(Cc1ccccc1Cl)c1ccc(NC(=O)N2C=CC=CC2)cc1. The summed E-state index contributed by atoms with van der Waals surface area (Å²) in [5, 5.41) is 3.29. The van der Waals surface area contributed by atoms with Gasteiger partial charge in [-0.2, -0.15) is 0 Å². The van der Waals surface area contributed by atoms with Crippen molar-refractivity contribution >= 4 is 39.0 Å². The van der Waals surface area contributed by atoms with Gasteiger partial charge in [-0.25, -0.2) is 13.2 Å². The lowest BCUT2D eigenvalue weighted by Gasteiger charge is -2.23. The predicted octanol–water partition coefficient (Wildman–Crippen LogP) is 4.22. The first-order chi connectivity index (χ1) is 13.3. The maximum Gasteiger partial charge on any atom is 0.326 e. The second kappa shape index (κ2) is 8.50. The van der Waals surface area contributed by atoms with E-state index in [0.29, 0.717) is 28.5 Å². The Hall–Kier alpha value is -2.77. The number of hydrogen-bond donors (Lipinski definition) is 1. The molecule has 2 aromatic rings. The van der Waals surface area contributed by atoms with Crippen LogP contribution in [0.15, 0.2) is 73.0 Å². The third-order valence-electron chi connectivity index (χ3n) is 4.15. The first kappa shape index (κ1) is 20.0. The van der Waals surface area contributed by atoms with E-state index in [0.717, 1.165) is 6.26 Å². The molecule has 6 nitrogen and oxygen atoms in total. The Bertz CT molecular complexity index is 1020. The molecule has 28 heavy (non-hydrogen) atoms. The summed E-state index contributed by atoms with van der Waals surface area (Å²) in [7, 11) is -3.52. The summed E-state index contributed by atoms with van der Waals surface area (Å²) in [6.45, 7) is 0.620. The average Bonchev–Trinajstić information content (AvgIpc) is 2.68. The van der Waals surface area contributed by atoms with Crippen LogP contribution in [0, 0.1) is 0 Å². The molecule has 0 saturated heterocycles. The van der Waals surface area contributed by atoms with Gasteiger partial charge in [0.15, 0.2) is 0 Å². The largest absolute Gasteiger partial charge is 0.326 e. The van der Waals surface area contributed by atoms with Crippen LogP contribution in [0.5, 0.6) is 0 Å². The third kappa shape index (κ3) is 4.94. The van der Waals surface area contributed by atoms with Crippen molar-refractivity contribution in [3.05, 3.63) is 83.5 Å². The van der Waals surface area contributed by atoms with E-state index in [1.54, 1.807) is 54.7 Å². The lowest BCUT2D eigenvalue weighted by atomic mass is 10.2. The Morgan fingerprint density at radius 2 is 1.86 bits per heavy atom. The Morgan fingerprint density at radius 3 is 2.46 bits per heavy atom. The number of nitrogens with zero attached hydrogens (tertiary/aromatic N) is 2. The standard InChI is InChI=1S/C20H20ClN3O3S/c1-28(26,27)24(15-16-7-3-4-8-19(16)21)18-11-9-17(10-12-18)22-20(25)23-13-5-2-6-14-23/h2-13H,14-15H2,1H3,(H,22,25). The smallest absolute Gasteiger partial charge is 0.308 e. The second-order valence-electron chi connectivity index (χ2n) is 6.26. The van der Waals surface area contributed by atoms with Crippen molar-refractivity contribution in [3.63, 3.8) is 0 Å². The molecule has 0 fully saturated rings. The van der Waals surface area contributed by atoms with Crippen LogP contribution in [0.2, 0.25) is 5.02 Å². The fourth-order valence-electron chi connectivity index (χ4n) is 2.71. The number of allylic oxidation sites excluding steroid dienone is 2. The Balaban J connectivity index is 1.77. The van der Waals surface area contributed by atoms with Crippen LogP contribution < -0.4 is 9.62 Å². The summed E-state index contributed by atoms with van der Waals surface area (Å²) in [5.74, 6) is 0. The lowest BCUT2D eigenvalue weighted by molar-refractivity contribution is 0.231. The molecular formula is C20H20ClN3O3S. The number of carbonyl (C=O) groups excluding carboxylic acids is 1. The first-order valence-corrected chi connectivity index (χ1v) is 10.8. The number of hydrogen-bond acceptors (Lipinski definition) is 3. The highest BCUT2D eigenvalue weighted by atomic mass is 35.5. The van der Waals surface area contributed by atoms with Crippen LogP contribution in [0.1, 0.15) is 5.56 Å². The Kier molecular flexibility index (Phi) is 6.06. The first-order valence-electron chi connectivity index (χ1n) is 8.57. The van der Waals surface area contributed by atoms with Crippen LogP contribution in [0.4, 0.5) is 16.2 Å². The molecule has 146 valence electrons. The highest BCUT2D eigenvalue weighted by Crippen LogP contribution is 2.25. The molecule has 1 aliphatic rings. The van der Waals surface area contributed by atoms with Crippen LogP contribution in [0.25, 0.3) is 0 Å². The summed E-state index contributed by atoms with van der Waals surface area (Å²) in [4.78, 5) is 13.8. The number of halogens is 1. The van der Waals surface area contributed by atoms with Gasteiger partial charge >= 0.3 is 6.03 Å². The van der Waals surface area contributed by atoms with Crippen molar-refractivity contribution in [2.75, 3.05) is 22.4 Å². The van der Waals surface area contributed by atoms with Crippen LogP contribution in [-0.2, 0) is 16.6 Å². The zero-order chi connectivity index (χ0) is 20.1. The van der Waals surface area contributed by atoms with Crippen LogP contribution in [0.3, 0.4) is 0 Å². The average molecular weight is 418 g/mol. The zero-order valence-corrected chi connectivity index (χ0v) is 16.8. The van der Waals surface area contributed by atoms with E-state index in [9.17, 15) is 13.2 Å². The van der Waals surface area contributed by atoms with E-state index in [4.69, 9.17) is 11.6 Å². The number of carbonyl (C=O) groups is 1. The molecule has 0 radical (unpaired) electrons. The van der Waals surface area contributed by atoms with Gasteiger partial charge in [0.05, 0.1) is 18.5 Å². The van der Waals surface area contributed by atoms with E-state index in [-0.39, 0.29) is 12.6 Å².